The van der Waals surface area contributed by atoms with Crippen molar-refractivity contribution in [2.75, 3.05) is 33.0 Å². The zero-order valence-electron chi connectivity index (χ0n) is 25.2. The van der Waals surface area contributed by atoms with E-state index >= 15 is 0 Å². The second kappa shape index (κ2) is 37.2. The summed E-state index contributed by atoms with van der Waals surface area (Å²) < 4.78 is 66.0. The Bertz CT molecular complexity index is 1160. The molecule has 0 aromatic heterocycles. The van der Waals surface area contributed by atoms with Gasteiger partial charge in [0.2, 0.25) is 0 Å². The second-order valence-corrected chi connectivity index (χ2v) is 13.3. The van der Waals surface area contributed by atoms with E-state index in [1.165, 1.54) is 27.7 Å². The van der Waals surface area contributed by atoms with Gasteiger partial charge < -0.3 is 53.4 Å². The molecular weight excluding hydrogens is 784 g/mol. The van der Waals surface area contributed by atoms with Crippen LogP contribution in [0.2, 0.25) is 0 Å². The Kier molecular flexibility index (Phi) is 53.6. The van der Waals surface area contributed by atoms with Crippen LogP contribution in [0.25, 0.3) is 0 Å². The zero-order chi connectivity index (χ0) is 37.5. The lowest BCUT2D eigenvalue weighted by atomic mass is 10.3. The van der Waals surface area contributed by atoms with Gasteiger partial charge in [-0.3, -0.25) is 18.1 Å². The van der Waals surface area contributed by atoms with Crippen LogP contribution >= 0.6 is 31.1 Å². The fourth-order valence-corrected chi connectivity index (χ4v) is 2.56. The molecule has 0 saturated heterocycles. The van der Waals surface area contributed by atoms with Gasteiger partial charge >= 0.3 is 49.0 Å². The molecule has 0 aliphatic carbocycles. The Morgan fingerprint density at radius 2 is 0.808 bits per heavy atom. The van der Waals surface area contributed by atoms with Gasteiger partial charge in [0.25, 0.3) is 0 Å². The van der Waals surface area contributed by atoms with Gasteiger partial charge in [0.05, 0.1) is 13.2 Å². The van der Waals surface area contributed by atoms with Crippen LogP contribution in [0.15, 0.2) is 48.9 Å². The summed E-state index contributed by atoms with van der Waals surface area (Å²) in [6.45, 7) is 17.3. The predicted octanol–water partition coefficient (Wildman–Crippen LogP) is 5.16. The molecule has 25 heteroatoms. The van der Waals surface area contributed by atoms with Crippen LogP contribution in [-0.2, 0) is 60.4 Å². The molecule has 21 nitrogen and oxygen atoms in total. The summed E-state index contributed by atoms with van der Waals surface area (Å²) in [5.74, 6) is -1.25. The molecule has 0 fully saturated rings. The average Bonchev–Trinajstić information content (AvgIpc) is 2.85. The maximum absolute atomic E-state index is 10.8. The molecular formula is C27H64O21P4. The van der Waals surface area contributed by atoms with E-state index in [2.05, 4.69) is 54.1 Å². The molecule has 8 N–H and O–H groups in total. The van der Waals surface area contributed by atoms with Crippen LogP contribution in [0.3, 0.4) is 0 Å². The predicted molar refractivity (Wildman–Crippen MR) is 199 cm³/mol. The number of esters is 3. The minimum absolute atomic E-state index is 0. The molecule has 0 aromatic rings. The highest BCUT2D eigenvalue weighted by Gasteiger charge is 2.20. The SMILES string of the molecule is C.C.C.C.C.C.C=C(C)C(=O)OCC(C)OP(=O)(O)O.C=C(C)C(=O)OCCOP(=O)(O)O.C=C(C)C(=O)OCCOP(=O)(O)O.C=CP(=O)(O)O. The van der Waals surface area contributed by atoms with Crippen molar-refractivity contribution in [2.45, 2.75) is 78.4 Å². The molecule has 0 aromatic carbocycles. The van der Waals surface area contributed by atoms with Gasteiger partial charge in [0.15, 0.2) is 0 Å². The molecule has 0 spiro atoms. The Morgan fingerprint density at radius 1 is 0.558 bits per heavy atom. The average molecular weight is 849 g/mol. The first-order valence-corrected chi connectivity index (χ1v) is 18.0. The van der Waals surface area contributed by atoms with E-state index in [0.29, 0.717) is 5.82 Å². The highest BCUT2D eigenvalue weighted by atomic mass is 31.2. The number of carbonyl (C=O) groups is 3. The minimum Gasteiger partial charge on any atom is -0.460 e. The van der Waals surface area contributed by atoms with Crippen molar-refractivity contribution in [2.24, 2.45) is 0 Å². The molecule has 0 saturated carbocycles. The molecule has 1 atom stereocenters. The topological polar surface area (TPSA) is 337 Å². The van der Waals surface area contributed by atoms with E-state index in [-0.39, 0.29) is 94.3 Å². The number of phosphoric ester groups is 3. The van der Waals surface area contributed by atoms with Gasteiger partial charge in [-0.2, -0.15) is 0 Å². The number of carbonyl (C=O) groups excluding carboxylic acids is 3. The molecule has 0 bridgehead atoms. The fraction of sp³-hybridized carbons (Fsp3) is 0.593. The van der Waals surface area contributed by atoms with Crippen molar-refractivity contribution in [1.29, 1.82) is 0 Å². The van der Waals surface area contributed by atoms with Crippen LogP contribution < -0.4 is 0 Å². The maximum atomic E-state index is 10.8. The molecule has 52 heavy (non-hydrogen) atoms. The van der Waals surface area contributed by atoms with Crippen LogP contribution in [0, 0.1) is 0 Å². The molecule has 0 radical (unpaired) electrons. The van der Waals surface area contributed by atoms with Crippen molar-refractivity contribution in [3.05, 3.63) is 48.9 Å². The molecule has 0 aliphatic rings. The lowest BCUT2D eigenvalue weighted by molar-refractivity contribution is -0.141. The zero-order valence-corrected chi connectivity index (χ0v) is 28.8. The summed E-state index contributed by atoms with van der Waals surface area (Å²) in [5.41, 5.74) is 0.653. The highest BCUT2D eigenvalue weighted by Crippen LogP contribution is 2.37. The Labute approximate surface area is 308 Å². The molecule has 0 amide bonds. The smallest absolute Gasteiger partial charge is 0.460 e. The first-order chi connectivity index (χ1) is 20.4. The number of phosphoric acid groups is 3. The Morgan fingerprint density at radius 3 is 1.00 bits per heavy atom. The highest BCUT2D eigenvalue weighted by molar-refractivity contribution is 7.55. The van der Waals surface area contributed by atoms with Gasteiger partial charge in [0.1, 0.15) is 25.9 Å². The largest absolute Gasteiger partial charge is 0.469 e. The summed E-state index contributed by atoms with van der Waals surface area (Å²) in [4.78, 5) is 97.6. The third-order valence-electron chi connectivity index (χ3n) is 3.20. The molecule has 0 heterocycles. The van der Waals surface area contributed by atoms with E-state index in [4.69, 9.17) is 39.1 Å². The Hall–Kier alpha value is -2.15. The third-order valence-corrected chi connectivity index (χ3v) is 5.35. The van der Waals surface area contributed by atoms with Gasteiger partial charge in [-0.15, -0.1) is 0 Å². The normalized spacial score (nSPS) is 10.4. The monoisotopic (exact) mass is 848 g/mol. The lowest BCUT2D eigenvalue weighted by Crippen LogP contribution is -2.18. The van der Waals surface area contributed by atoms with Crippen molar-refractivity contribution in [3.63, 3.8) is 0 Å². The van der Waals surface area contributed by atoms with Crippen LogP contribution in [-0.4, -0.2) is 96.2 Å². The second-order valence-electron chi connectivity index (χ2n) is 8.04. The van der Waals surface area contributed by atoms with Gasteiger partial charge in [0, 0.05) is 22.5 Å². The number of hydrogen-bond acceptors (Lipinski definition) is 13. The standard InChI is InChI=1S/C7H13O6P.2C6H11O6P.C2H5O3P.6CH4/c1-5(2)7(8)12-4-6(3)13-14(9,10)11;2*1-5(2)6(7)11-3-4-12-13(8,9)10;1-2-6(3,4)5;;;;;;/h6H,1,4H2,2-3H3,(H2,9,10,11);2*1,3-4H2,2H3,(H2,8,9,10);2H,1H2,(H2,3,4,5);6*1H4. The maximum Gasteiger partial charge on any atom is 0.469 e. The van der Waals surface area contributed by atoms with E-state index < -0.39 is 55.1 Å². The van der Waals surface area contributed by atoms with E-state index in [9.17, 15) is 32.6 Å². The van der Waals surface area contributed by atoms with Crippen molar-refractivity contribution < 1.29 is 99.6 Å². The minimum atomic E-state index is -4.52. The van der Waals surface area contributed by atoms with Gasteiger partial charge in [-0.25, -0.2) is 28.1 Å². The number of hydrogen-bond donors (Lipinski definition) is 8. The summed E-state index contributed by atoms with van der Waals surface area (Å²) in [7, 11) is -17.3. The van der Waals surface area contributed by atoms with Gasteiger partial charge in [-0.05, 0) is 27.7 Å². The van der Waals surface area contributed by atoms with E-state index in [1.807, 2.05) is 0 Å². The first kappa shape index (κ1) is 74.9. The number of ether oxygens (including phenoxy) is 3. The van der Waals surface area contributed by atoms with Crippen LogP contribution in [0.5, 0.6) is 0 Å². The molecule has 318 valence electrons. The van der Waals surface area contributed by atoms with E-state index in [0.717, 1.165) is 0 Å². The van der Waals surface area contributed by atoms with Gasteiger partial charge in [-0.1, -0.05) is 70.9 Å². The molecule has 0 rings (SSSR count). The fourth-order valence-electron chi connectivity index (χ4n) is 1.41. The molecule has 0 aliphatic heterocycles. The van der Waals surface area contributed by atoms with Crippen molar-refractivity contribution in [3.8, 4) is 0 Å². The number of rotatable bonds is 16. The lowest BCUT2D eigenvalue weighted by Gasteiger charge is -2.13. The quantitative estimate of drug-likeness (QED) is 0.0327. The van der Waals surface area contributed by atoms with Crippen molar-refractivity contribution in [1.82, 2.24) is 0 Å². The molecule has 1 unspecified atom stereocenters. The van der Waals surface area contributed by atoms with Crippen LogP contribution in [0.4, 0.5) is 0 Å². The Balaban J connectivity index is -0.0000000560. The van der Waals surface area contributed by atoms with Crippen LogP contribution in [0.1, 0.15) is 72.3 Å². The van der Waals surface area contributed by atoms with E-state index in [1.54, 1.807) is 0 Å². The summed E-state index contributed by atoms with van der Waals surface area (Å²) in [5, 5.41) is 0. The summed E-state index contributed by atoms with van der Waals surface area (Å²) >= 11 is 0. The third kappa shape index (κ3) is 69.6. The first-order valence-electron chi connectivity index (χ1n) is 11.7. The summed E-state index contributed by atoms with van der Waals surface area (Å²) in [6.07, 6.45) is -0.862. The van der Waals surface area contributed by atoms with Crippen molar-refractivity contribution >= 4 is 49.0 Å². The summed E-state index contributed by atoms with van der Waals surface area (Å²) in [6, 6.07) is 0.